The molecule has 1 aromatic carbocycles. The molecule has 2 amide bonds. The van der Waals surface area contributed by atoms with E-state index in [1.54, 1.807) is 0 Å². The largest absolute Gasteiger partial charge is 0.465 e. The topological polar surface area (TPSA) is 83.6 Å². The summed E-state index contributed by atoms with van der Waals surface area (Å²) in [6.45, 7) is 0. The zero-order chi connectivity index (χ0) is 11.6. The summed E-state index contributed by atoms with van der Waals surface area (Å²) in [7, 11) is 1.32. The Balaban J connectivity index is 3.28. The summed E-state index contributed by atoms with van der Waals surface area (Å²) in [5.74, 6) is -0.722. The van der Waals surface area contributed by atoms with Gasteiger partial charge in [-0.1, -0.05) is 11.6 Å². The van der Waals surface area contributed by atoms with Gasteiger partial charge >= 0.3 is 6.09 Å². The molecule has 0 saturated carbocycles. The molecule has 0 heterocycles. The van der Waals surface area contributed by atoms with Crippen LogP contribution in [0.1, 0.15) is 10.4 Å². The number of amides is 2. The first-order valence-electron chi connectivity index (χ1n) is 3.99. The Labute approximate surface area is 91.0 Å². The smallest absolute Gasteiger partial charge is 0.411 e. The zero-order valence-corrected chi connectivity index (χ0v) is 8.65. The number of hydrogen-bond acceptors (Lipinski definition) is 2. The van der Waals surface area contributed by atoms with Crippen molar-refractivity contribution in [3.63, 3.8) is 0 Å². The summed E-state index contributed by atoms with van der Waals surface area (Å²) in [5, 5.41) is 9.08. The van der Waals surface area contributed by atoms with Crippen LogP contribution in [0.15, 0.2) is 18.2 Å². The fourth-order valence-electron chi connectivity index (χ4n) is 1.10. The Morgan fingerprint density at radius 2 is 2.07 bits per heavy atom. The first-order chi connectivity index (χ1) is 6.93. The predicted octanol–water partition coefficient (Wildman–Crippen LogP) is 1.55. The predicted molar refractivity (Wildman–Crippen MR) is 56.4 cm³/mol. The molecule has 3 N–H and O–H groups in total. The molecular weight excluding hydrogens is 220 g/mol. The number of nitrogens with two attached hydrogens (primary N) is 1. The molecule has 0 fully saturated rings. The van der Waals surface area contributed by atoms with Crippen molar-refractivity contribution < 1.29 is 14.7 Å². The van der Waals surface area contributed by atoms with Gasteiger partial charge in [-0.25, -0.2) is 4.79 Å². The van der Waals surface area contributed by atoms with Crippen LogP contribution in [-0.4, -0.2) is 24.2 Å². The third-order valence-electron chi connectivity index (χ3n) is 1.87. The Kier molecular flexibility index (Phi) is 3.16. The van der Waals surface area contributed by atoms with Crippen LogP contribution in [0.2, 0.25) is 5.02 Å². The van der Waals surface area contributed by atoms with Crippen LogP contribution in [0.3, 0.4) is 0 Å². The molecule has 0 aromatic heterocycles. The highest BCUT2D eigenvalue weighted by Crippen LogP contribution is 2.23. The van der Waals surface area contributed by atoms with Gasteiger partial charge in [0, 0.05) is 12.1 Å². The normalized spacial score (nSPS) is 9.73. The van der Waals surface area contributed by atoms with E-state index in [1.165, 1.54) is 25.2 Å². The SMILES string of the molecule is CN(C(=O)O)c1ccc(Cl)cc1C(N)=O. The Morgan fingerprint density at radius 1 is 1.47 bits per heavy atom. The van der Waals surface area contributed by atoms with E-state index in [4.69, 9.17) is 22.4 Å². The molecule has 0 saturated heterocycles. The fourth-order valence-corrected chi connectivity index (χ4v) is 1.27. The third-order valence-corrected chi connectivity index (χ3v) is 2.11. The maximum Gasteiger partial charge on any atom is 0.411 e. The molecule has 0 aliphatic carbocycles. The number of carboxylic acid groups (broad SMARTS) is 1. The highest BCUT2D eigenvalue weighted by molar-refractivity contribution is 6.31. The summed E-state index contributed by atoms with van der Waals surface area (Å²) in [6.07, 6.45) is -1.18. The quantitative estimate of drug-likeness (QED) is 0.806. The summed E-state index contributed by atoms with van der Waals surface area (Å²) < 4.78 is 0. The molecular formula is C9H9ClN2O3. The molecule has 80 valence electrons. The molecule has 1 rings (SSSR count). The number of benzene rings is 1. The van der Waals surface area contributed by atoms with Crippen LogP contribution in [0, 0.1) is 0 Å². The minimum atomic E-state index is -1.18. The van der Waals surface area contributed by atoms with Crippen molar-refractivity contribution in [2.24, 2.45) is 5.73 Å². The summed E-state index contributed by atoms with van der Waals surface area (Å²) in [4.78, 5) is 22.6. The lowest BCUT2D eigenvalue weighted by Crippen LogP contribution is -2.27. The number of nitrogens with zero attached hydrogens (tertiary/aromatic N) is 1. The van der Waals surface area contributed by atoms with Crippen molar-refractivity contribution in [1.29, 1.82) is 0 Å². The minimum absolute atomic E-state index is 0.0763. The average Bonchev–Trinajstić information content (AvgIpc) is 2.16. The van der Waals surface area contributed by atoms with Gasteiger partial charge in [0.25, 0.3) is 5.91 Å². The Hall–Kier alpha value is -1.75. The van der Waals surface area contributed by atoms with Gasteiger partial charge in [0.1, 0.15) is 0 Å². The standard InChI is InChI=1S/C9H9ClN2O3/c1-12(9(14)15)7-3-2-5(10)4-6(7)8(11)13/h2-4H,1H3,(H2,11,13)(H,14,15). The van der Waals surface area contributed by atoms with E-state index in [9.17, 15) is 9.59 Å². The van der Waals surface area contributed by atoms with Gasteiger partial charge in [-0.15, -0.1) is 0 Å². The number of carbonyl (C=O) groups excluding carboxylic acids is 1. The van der Waals surface area contributed by atoms with E-state index in [2.05, 4.69) is 0 Å². The number of hydrogen-bond donors (Lipinski definition) is 2. The van der Waals surface area contributed by atoms with Crippen LogP contribution in [0.25, 0.3) is 0 Å². The van der Waals surface area contributed by atoms with E-state index in [0.717, 1.165) is 4.90 Å². The van der Waals surface area contributed by atoms with Gasteiger partial charge in [0.05, 0.1) is 11.3 Å². The second kappa shape index (κ2) is 4.18. The van der Waals surface area contributed by atoms with E-state index in [-0.39, 0.29) is 11.3 Å². The minimum Gasteiger partial charge on any atom is -0.465 e. The maximum absolute atomic E-state index is 11.0. The van der Waals surface area contributed by atoms with Crippen molar-refractivity contribution in [3.8, 4) is 0 Å². The van der Waals surface area contributed by atoms with Crippen LogP contribution in [0.4, 0.5) is 10.5 Å². The van der Waals surface area contributed by atoms with Gasteiger partial charge in [-0.3, -0.25) is 9.69 Å². The Morgan fingerprint density at radius 3 is 2.53 bits per heavy atom. The maximum atomic E-state index is 11.0. The summed E-state index contributed by atoms with van der Waals surface area (Å²) in [6, 6.07) is 4.25. The number of carbonyl (C=O) groups is 2. The molecule has 0 atom stereocenters. The number of anilines is 1. The number of primary amides is 1. The second-order valence-electron chi connectivity index (χ2n) is 2.87. The van der Waals surface area contributed by atoms with Gasteiger partial charge in [-0.2, -0.15) is 0 Å². The van der Waals surface area contributed by atoms with Crippen molar-refractivity contribution in [2.75, 3.05) is 11.9 Å². The monoisotopic (exact) mass is 228 g/mol. The van der Waals surface area contributed by atoms with Crippen molar-refractivity contribution >= 4 is 29.3 Å². The molecule has 15 heavy (non-hydrogen) atoms. The van der Waals surface area contributed by atoms with E-state index >= 15 is 0 Å². The summed E-state index contributed by atoms with van der Waals surface area (Å²) in [5.41, 5.74) is 5.39. The van der Waals surface area contributed by atoms with Crippen LogP contribution >= 0.6 is 11.6 Å². The lowest BCUT2D eigenvalue weighted by Gasteiger charge is -2.15. The van der Waals surface area contributed by atoms with Crippen molar-refractivity contribution in [3.05, 3.63) is 28.8 Å². The van der Waals surface area contributed by atoms with Gasteiger partial charge in [0.15, 0.2) is 0 Å². The lowest BCUT2D eigenvalue weighted by atomic mass is 10.1. The fraction of sp³-hybridized carbons (Fsp3) is 0.111. The molecule has 0 unspecified atom stereocenters. The van der Waals surface area contributed by atoms with Gasteiger partial charge < -0.3 is 10.8 Å². The highest BCUT2D eigenvalue weighted by Gasteiger charge is 2.16. The molecule has 0 bridgehead atoms. The van der Waals surface area contributed by atoms with E-state index in [1.807, 2.05) is 0 Å². The number of halogens is 1. The molecule has 1 aromatic rings. The third kappa shape index (κ3) is 2.38. The summed E-state index contributed by atoms with van der Waals surface area (Å²) >= 11 is 5.67. The van der Waals surface area contributed by atoms with Crippen molar-refractivity contribution in [1.82, 2.24) is 0 Å². The zero-order valence-electron chi connectivity index (χ0n) is 7.90. The van der Waals surface area contributed by atoms with Crippen molar-refractivity contribution in [2.45, 2.75) is 0 Å². The first kappa shape index (κ1) is 11.3. The number of rotatable bonds is 2. The molecule has 0 aliphatic heterocycles. The van der Waals surface area contributed by atoms with Crippen LogP contribution < -0.4 is 10.6 Å². The molecule has 0 aliphatic rings. The lowest BCUT2D eigenvalue weighted by molar-refractivity contribution is 0.100. The molecule has 0 radical (unpaired) electrons. The second-order valence-corrected chi connectivity index (χ2v) is 3.30. The molecule has 5 nitrogen and oxygen atoms in total. The molecule has 6 heteroatoms. The van der Waals surface area contributed by atoms with Crippen LogP contribution in [0.5, 0.6) is 0 Å². The first-order valence-corrected chi connectivity index (χ1v) is 4.37. The highest BCUT2D eigenvalue weighted by atomic mass is 35.5. The van der Waals surface area contributed by atoms with E-state index in [0.29, 0.717) is 5.02 Å². The van der Waals surface area contributed by atoms with Gasteiger partial charge in [0.2, 0.25) is 0 Å². The molecule has 0 spiro atoms. The average molecular weight is 229 g/mol. The Bertz CT molecular complexity index is 420. The van der Waals surface area contributed by atoms with Gasteiger partial charge in [-0.05, 0) is 18.2 Å². The van der Waals surface area contributed by atoms with E-state index < -0.39 is 12.0 Å². The van der Waals surface area contributed by atoms with Crippen LogP contribution in [-0.2, 0) is 0 Å².